The lowest BCUT2D eigenvalue weighted by molar-refractivity contribution is 0.620. The molecular formula is C15H11F. The molecule has 16 heavy (non-hydrogen) atoms. The van der Waals surface area contributed by atoms with Crippen molar-refractivity contribution in [2.24, 2.45) is 0 Å². The second-order valence-corrected chi connectivity index (χ2v) is 4.15. The second kappa shape index (κ2) is 3.31. The van der Waals surface area contributed by atoms with Gasteiger partial charge in [0.25, 0.3) is 0 Å². The van der Waals surface area contributed by atoms with E-state index in [0.717, 1.165) is 16.2 Å². The molecule has 1 heteroatoms. The van der Waals surface area contributed by atoms with Gasteiger partial charge < -0.3 is 0 Å². The van der Waals surface area contributed by atoms with Crippen LogP contribution in [0.15, 0.2) is 48.5 Å². The van der Waals surface area contributed by atoms with Gasteiger partial charge in [-0.25, -0.2) is 4.39 Å². The predicted octanol–water partition coefficient (Wildman–Crippen LogP) is 4.44. The smallest absolute Gasteiger partial charge is 0.126 e. The molecule has 0 saturated heterocycles. The topological polar surface area (TPSA) is 0 Å². The summed E-state index contributed by atoms with van der Waals surface area (Å²) in [6.45, 7) is 1.80. The molecule has 0 heterocycles. The van der Waals surface area contributed by atoms with Gasteiger partial charge in [-0.05, 0) is 58.3 Å². The summed E-state index contributed by atoms with van der Waals surface area (Å²) in [5.74, 6) is -0.136. The molecule has 0 aliphatic heterocycles. The van der Waals surface area contributed by atoms with E-state index in [2.05, 4.69) is 12.1 Å². The van der Waals surface area contributed by atoms with E-state index in [0.29, 0.717) is 5.56 Å². The Kier molecular flexibility index (Phi) is 1.93. The Morgan fingerprint density at radius 3 is 1.94 bits per heavy atom. The zero-order valence-electron chi connectivity index (χ0n) is 9.00. The summed E-state index contributed by atoms with van der Waals surface area (Å²) in [5, 5.41) is 4.40. The number of aryl methyl sites for hydroxylation is 1. The Labute approximate surface area is 93.3 Å². The average Bonchev–Trinajstić information content (AvgIpc) is 2.28. The normalized spacial score (nSPS) is 11.1. The van der Waals surface area contributed by atoms with Crippen molar-refractivity contribution in [3.8, 4) is 0 Å². The minimum Gasteiger partial charge on any atom is -0.207 e. The Morgan fingerprint density at radius 1 is 0.750 bits per heavy atom. The molecule has 0 atom stereocenters. The van der Waals surface area contributed by atoms with Crippen molar-refractivity contribution in [3.63, 3.8) is 0 Å². The van der Waals surface area contributed by atoms with Crippen LogP contribution in [-0.2, 0) is 0 Å². The largest absolute Gasteiger partial charge is 0.207 e. The molecule has 0 aliphatic rings. The zero-order chi connectivity index (χ0) is 11.1. The van der Waals surface area contributed by atoms with E-state index in [-0.39, 0.29) is 5.82 Å². The summed E-state index contributed by atoms with van der Waals surface area (Å²) in [4.78, 5) is 0. The van der Waals surface area contributed by atoms with Crippen LogP contribution in [0.2, 0.25) is 0 Å². The fourth-order valence-corrected chi connectivity index (χ4v) is 2.08. The molecule has 0 unspecified atom stereocenters. The van der Waals surface area contributed by atoms with Gasteiger partial charge in [0, 0.05) is 0 Å². The zero-order valence-corrected chi connectivity index (χ0v) is 9.00. The van der Waals surface area contributed by atoms with Gasteiger partial charge in [0.15, 0.2) is 0 Å². The third kappa shape index (κ3) is 1.36. The number of fused-ring (bicyclic) bond motifs is 2. The molecule has 0 amide bonds. The van der Waals surface area contributed by atoms with Crippen molar-refractivity contribution in [1.82, 2.24) is 0 Å². The van der Waals surface area contributed by atoms with Gasteiger partial charge in [0.2, 0.25) is 0 Å². The van der Waals surface area contributed by atoms with E-state index in [1.165, 1.54) is 5.39 Å². The van der Waals surface area contributed by atoms with Gasteiger partial charge in [-0.3, -0.25) is 0 Å². The van der Waals surface area contributed by atoms with Crippen LogP contribution in [0.25, 0.3) is 21.5 Å². The summed E-state index contributed by atoms with van der Waals surface area (Å²) >= 11 is 0. The summed E-state index contributed by atoms with van der Waals surface area (Å²) in [6.07, 6.45) is 0. The molecule has 3 aromatic carbocycles. The molecule has 3 aromatic rings. The van der Waals surface area contributed by atoms with E-state index in [1.807, 2.05) is 30.3 Å². The highest BCUT2D eigenvalue weighted by Gasteiger charge is 2.02. The minimum absolute atomic E-state index is 0.136. The SMILES string of the molecule is Cc1cc2cc3ccccc3cc2cc1F. The molecule has 0 N–H and O–H groups in total. The molecule has 0 nitrogen and oxygen atoms in total. The standard InChI is InChI=1S/C15H11F/c1-10-6-13-7-11-4-2-3-5-12(11)8-14(13)9-15(10)16/h2-9H,1H3. The average molecular weight is 210 g/mol. The second-order valence-electron chi connectivity index (χ2n) is 4.15. The van der Waals surface area contributed by atoms with Gasteiger partial charge in [0.1, 0.15) is 5.82 Å². The number of halogens is 1. The lowest BCUT2D eigenvalue weighted by atomic mass is 10.0. The third-order valence-corrected chi connectivity index (χ3v) is 2.98. The lowest BCUT2D eigenvalue weighted by Crippen LogP contribution is -1.83. The van der Waals surface area contributed by atoms with Crippen LogP contribution < -0.4 is 0 Å². The molecule has 0 spiro atoms. The first-order valence-corrected chi connectivity index (χ1v) is 5.33. The fourth-order valence-electron chi connectivity index (χ4n) is 2.08. The van der Waals surface area contributed by atoms with Crippen molar-refractivity contribution in [1.29, 1.82) is 0 Å². The summed E-state index contributed by atoms with van der Waals surface area (Å²) in [5.41, 5.74) is 0.697. The lowest BCUT2D eigenvalue weighted by Gasteiger charge is -2.04. The quantitative estimate of drug-likeness (QED) is 0.481. The number of rotatable bonds is 0. The van der Waals surface area contributed by atoms with Crippen molar-refractivity contribution >= 4 is 21.5 Å². The summed E-state index contributed by atoms with van der Waals surface area (Å²) in [6, 6.07) is 15.8. The predicted molar refractivity (Wildman–Crippen MR) is 66.1 cm³/mol. The van der Waals surface area contributed by atoms with Gasteiger partial charge in [-0.1, -0.05) is 24.3 Å². The highest BCUT2D eigenvalue weighted by molar-refractivity contribution is 5.98. The molecule has 3 rings (SSSR count). The number of benzene rings is 3. The highest BCUT2D eigenvalue weighted by atomic mass is 19.1. The van der Waals surface area contributed by atoms with Crippen LogP contribution in [0.5, 0.6) is 0 Å². The van der Waals surface area contributed by atoms with Crippen LogP contribution in [-0.4, -0.2) is 0 Å². The van der Waals surface area contributed by atoms with Crippen LogP contribution in [0, 0.1) is 12.7 Å². The summed E-state index contributed by atoms with van der Waals surface area (Å²) < 4.78 is 13.4. The first kappa shape index (κ1) is 9.34. The maximum absolute atomic E-state index is 13.4. The Morgan fingerprint density at radius 2 is 1.31 bits per heavy atom. The van der Waals surface area contributed by atoms with E-state index >= 15 is 0 Å². The molecule has 0 bridgehead atoms. The maximum atomic E-state index is 13.4. The van der Waals surface area contributed by atoms with Crippen molar-refractivity contribution in [2.45, 2.75) is 6.92 Å². The fraction of sp³-hybridized carbons (Fsp3) is 0.0667. The molecule has 0 radical (unpaired) electrons. The minimum atomic E-state index is -0.136. The van der Waals surface area contributed by atoms with Crippen LogP contribution >= 0.6 is 0 Å². The van der Waals surface area contributed by atoms with Crippen molar-refractivity contribution in [3.05, 3.63) is 59.9 Å². The van der Waals surface area contributed by atoms with E-state index in [4.69, 9.17) is 0 Å². The van der Waals surface area contributed by atoms with E-state index in [1.54, 1.807) is 13.0 Å². The van der Waals surface area contributed by atoms with Crippen LogP contribution in [0.4, 0.5) is 4.39 Å². The van der Waals surface area contributed by atoms with Gasteiger partial charge in [0.05, 0.1) is 0 Å². The third-order valence-electron chi connectivity index (χ3n) is 2.98. The van der Waals surface area contributed by atoms with Crippen molar-refractivity contribution < 1.29 is 4.39 Å². The molecule has 0 aromatic heterocycles. The first-order valence-electron chi connectivity index (χ1n) is 5.33. The monoisotopic (exact) mass is 210 g/mol. The number of hydrogen-bond acceptors (Lipinski definition) is 0. The Bertz CT molecular complexity index is 623. The van der Waals surface area contributed by atoms with Crippen LogP contribution in [0.1, 0.15) is 5.56 Å². The molecule has 0 saturated carbocycles. The number of hydrogen-bond donors (Lipinski definition) is 0. The van der Waals surface area contributed by atoms with Gasteiger partial charge in [-0.2, -0.15) is 0 Å². The molecule has 0 aliphatic carbocycles. The van der Waals surface area contributed by atoms with Gasteiger partial charge in [-0.15, -0.1) is 0 Å². The van der Waals surface area contributed by atoms with Crippen LogP contribution in [0.3, 0.4) is 0 Å². The van der Waals surface area contributed by atoms with Gasteiger partial charge >= 0.3 is 0 Å². The van der Waals surface area contributed by atoms with E-state index in [9.17, 15) is 4.39 Å². The summed E-state index contributed by atoms with van der Waals surface area (Å²) in [7, 11) is 0. The molecule has 78 valence electrons. The first-order chi connectivity index (χ1) is 7.74. The Hall–Kier alpha value is -1.89. The molecular weight excluding hydrogens is 199 g/mol. The molecule has 0 fully saturated rings. The Balaban J connectivity index is 2.46. The van der Waals surface area contributed by atoms with Crippen molar-refractivity contribution in [2.75, 3.05) is 0 Å². The highest BCUT2D eigenvalue weighted by Crippen LogP contribution is 2.24. The van der Waals surface area contributed by atoms with E-state index < -0.39 is 0 Å². The maximum Gasteiger partial charge on any atom is 0.126 e.